The third-order valence-electron chi connectivity index (χ3n) is 6.42. The summed E-state index contributed by atoms with van der Waals surface area (Å²) in [6.07, 6.45) is 12.1. The molecule has 0 unspecified atom stereocenters. The van der Waals surface area contributed by atoms with E-state index in [1.165, 1.54) is 57.8 Å². The van der Waals surface area contributed by atoms with Gasteiger partial charge >= 0.3 is 0 Å². The Hall–Kier alpha value is -0.300. The Kier molecular flexibility index (Phi) is 3.09. The first-order valence-corrected chi connectivity index (χ1v) is 7.92. The highest BCUT2D eigenvalue weighted by Gasteiger charge is 2.52. The predicted molar refractivity (Wildman–Crippen MR) is 75.4 cm³/mol. The third-order valence-corrected chi connectivity index (χ3v) is 6.42. The summed E-state index contributed by atoms with van der Waals surface area (Å²) in [5.41, 5.74) is 4.23. The summed E-state index contributed by atoms with van der Waals surface area (Å²) < 4.78 is 0. The molecular formula is C17H28O. The lowest BCUT2D eigenvalue weighted by Gasteiger charge is -2.56. The maximum Gasteiger partial charge on any atom is 0.0487 e. The molecule has 0 heterocycles. The third kappa shape index (κ3) is 1.70. The monoisotopic (exact) mass is 248 g/mol. The molecule has 1 N–H and O–H groups in total. The van der Waals surface area contributed by atoms with E-state index in [9.17, 15) is 5.11 Å². The van der Waals surface area contributed by atoms with Crippen molar-refractivity contribution in [2.75, 3.05) is 6.61 Å². The first-order valence-electron chi connectivity index (χ1n) is 7.92. The van der Waals surface area contributed by atoms with Crippen molar-refractivity contribution in [2.45, 2.75) is 71.6 Å². The summed E-state index contributed by atoms with van der Waals surface area (Å²) in [7, 11) is 0. The molecule has 3 aliphatic carbocycles. The van der Waals surface area contributed by atoms with Crippen molar-refractivity contribution in [1.82, 2.24) is 0 Å². The van der Waals surface area contributed by atoms with Crippen LogP contribution in [0.1, 0.15) is 71.6 Å². The van der Waals surface area contributed by atoms with Crippen molar-refractivity contribution in [2.24, 2.45) is 16.7 Å². The highest BCUT2D eigenvalue weighted by molar-refractivity contribution is 5.30. The quantitative estimate of drug-likeness (QED) is 0.679. The molecule has 0 saturated heterocycles. The molecule has 3 atom stereocenters. The molecule has 102 valence electrons. The molecule has 0 amide bonds. The van der Waals surface area contributed by atoms with Crippen molar-refractivity contribution < 1.29 is 5.11 Å². The molecule has 0 aromatic carbocycles. The van der Waals surface area contributed by atoms with Crippen molar-refractivity contribution in [3.05, 3.63) is 11.1 Å². The molecule has 3 rings (SSSR count). The Bertz CT molecular complexity index is 370. The lowest BCUT2D eigenvalue weighted by Crippen LogP contribution is -2.48. The van der Waals surface area contributed by atoms with E-state index in [-0.39, 0.29) is 5.41 Å². The molecule has 3 aliphatic rings. The molecule has 1 fully saturated rings. The predicted octanol–water partition coefficient (Wildman–Crippen LogP) is 4.46. The molecular weight excluding hydrogens is 220 g/mol. The van der Waals surface area contributed by atoms with Crippen LogP contribution < -0.4 is 0 Å². The SMILES string of the molecule is C[C@]1(CO)CCC[C@]2(C)C3=C(CCCC3)CC[C@H]12. The van der Waals surface area contributed by atoms with Gasteiger partial charge in [0, 0.05) is 6.61 Å². The van der Waals surface area contributed by atoms with Gasteiger partial charge in [0.25, 0.3) is 0 Å². The molecule has 1 nitrogen and oxygen atoms in total. The van der Waals surface area contributed by atoms with Gasteiger partial charge in [-0.1, -0.05) is 31.4 Å². The van der Waals surface area contributed by atoms with Crippen LogP contribution in [0.5, 0.6) is 0 Å². The molecule has 0 aromatic rings. The van der Waals surface area contributed by atoms with Crippen LogP contribution in [-0.2, 0) is 0 Å². The topological polar surface area (TPSA) is 20.2 Å². The number of aliphatic hydroxyl groups is 1. The summed E-state index contributed by atoms with van der Waals surface area (Å²) in [6, 6.07) is 0. The van der Waals surface area contributed by atoms with Crippen LogP contribution in [0.4, 0.5) is 0 Å². The van der Waals surface area contributed by atoms with Gasteiger partial charge in [0.15, 0.2) is 0 Å². The zero-order valence-electron chi connectivity index (χ0n) is 12.1. The lowest BCUT2D eigenvalue weighted by atomic mass is 9.48. The van der Waals surface area contributed by atoms with E-state index < -0.39 is 0 Å². The van der Waals surface area contributed by atoms with Gasteiger partial charge in [-0.2, -0.15) is 0 Å². The van der Waals surface area contributed by atoms with Gasteiger partial charge in [-0.25, -0.2) is 0 Å². The number of aliphatic hydroxyl groups excluding tert-OH is 1. The minimum Gasteiger partial charge on any atom is -0.396 e. The molecule has 18 heavy (non-hydrogen) atoms. The van der Waals surface area contributed by atoms with Crippen molar-refractivity contribution in [3.8, 4) is 0 Å². The summed E-state index contributed by atoms with van der Waals surface area (Å²) in [6.45, 7) is 5.24. The first-order chi connectivity index (χ1) is 8.60. The summed E-state index contributed by atoms with van der Waals surface area (Å²) in [5, 5.41) is 9.88. The van der Waals surface area contributed by atoms with E-state index in [4.69, 9.17) is 0 Å². The number of fused-ring (bicyclic) bond motifs is 2. The molecule has 0 spiro atoms. The summed E-state index contributed by atoms with van der Waals surface area (Å²) in [4.78, 5) is 0. The average molecular weight is 248 g/mol. The molecule has 0 bridgehead atoms. The molecule has 0 aliphatic heterocycles. The number of hydrogen-bond donors (Lipinski definition) is 1. The zero-order valence-corrected chi connectivity index (χ0v) is 12.1. The van der Waals surface area contributed by atoms with Crippen LogP contribution in [0.25, 0.3) is 0 Å². The Balaban J connectivity index is 2.00. The van der Waals surface area contributed by atoms with Crippen molar-refractivity contribution in [3.63, 3.8) is 0 Å². The van der Waals surface area contributed by atoms with Gasteiger partial charge in [0.2, 0.25) is 0 Å². The molecule has 0 radical (unpaired) electrons. The fraction of sp³-hybridized carbons (Fsp3) is 0.882. The smallest absolute Gasteiger partial charge is 0.0487 e. The van der Waals surface area contributed by atoms with Crippen molar-refractivity contribution >= 4 is 0 Å². The lowest BCUT2D eigenvalue weighted by molar-refractivity contribution is -0.0401. The van der Waals surface area contributed by atoms with Gasteiger partial charge in [-0.3, -0.25) is 0 Å². The fourth-order valence-electron chi connectivity index (χ4n) is 5.45. The maximum atomic E-state index is 9.88. The number of allylic oxidation sites excluding steroid dienone is 2. The van der Waals surface area contributed by atoms with Gasteiger partial charge in [0.1, 0.15) is 0 Å². The van der Waals surface area contributed by atoms with E-state index >= 15 is 0 Å². The maximum absolute atomic E-state index is 9.88. The highest BCUT2D eigenvalue weighted by Crippen LogP contribution is 2.61. The zero-order chi connectivity index (χ0) is 12.8. The van der Waals surface area contributed by atoms with E-state index in [1.54, 1.807) is 0 Å². The number of rotatable bonds is 1. The average Bonchev–Trinajstić information content (AvgIpc) is 2.39. The van der Waals surface area contributed by atoms with Crippen LogP contribution in [-0.4, -0.2) is 11.7 Å². The minimum atomic E-state index is 0.184. The van der Waals surface area contributed by atoms with Crippen LogP contribution in [0, 0.1) is 16.7 Å². The second-order valence-electron chi connectivity index (χ2n) is 7.46. The Morgan fingerprint density at radius 1 is 1.06 bits per heavy atom. The minimum absolute atomic E-state index is 0.184. The summed E-state index contributed by atoms with van der Waals surface area (Å²) >= 11 is 0. The van der Waals surface area contributed by atoms with Crippen LogP contribution in [0.3, 0.4) is 0 Å². The normalized spacial score (nSPS) is 44.5. The Morgan fingerprint density at radius 2 is 1.83 bits per heavy atom. The standard InChI is InChI=1S/C17H28O/c1-16(12-18)10-5-11-17(2)14-7-4-3-6-13(14)8-9-15(16)17/h15,18H,3-12H2,1-2H3/t15-,16-,17-/m1/s1. The van der Waals surface area contributed by atoms with Gasteiger partial charge in [-0.15, -0.1) is 0 Å². The van der Waals surface area contributed by atoms with Crippen LogP contribution in [0.15, 0.2) is 11.1 Å². The Labute approximate surface area is 112 Å². The summed E-state index contributed by atoms with van der Waals surface area (Å²) in [5.74, 6) is 0.723. The second-order valence-corrected chi connectivity index (χ2v) is 7.46. The Morgan fingerprint density at radius 3 is 2.61 bits per heavy atom. The second kappa shape index (κ2) is 4.37. The van der Waals surface area contributed by atoms with E-state index in [1.807, 2.05) is 11.1 Å². The van der Waals surface area contributed by atoms with E-state index in [0.29, 0.717) is 12.0 Å². The highest BCUT2D eigenvalue weighted by atomic mass is 16.3. The molecule has 0 aromatic heterocycles. The van der Waals surface area contributed by atoms with E-state index in [0.717, 1.165) is 5.92 Å². The van der Waals surface area contributed by atoms with Gasteiger partial charge < -0.3 is 5.11 Å². The fourth-order valence-corrected chi connectivity index (χ4v) is 5.45. The van der Waals surface area contributed by atoms with Gasteiger partial charge in [-0.05, 0) is 68.1 Å². The molecule has 1 saturated carbocycles. The largest absolute Gasteiger partial charge is 0.396 e. The van der Waals surface area contributed by atoms with Crippen LogP contribution in [0.2, 0.25) is 0 Å². The van der Waals surface area contributed by atoms with Gasteiger partial charge in [0.05, 0.1) is 0 Å². The molecule has 1 heteroatoms. The van der Waals surface area contributed by atoms with E-state index in [2.05, 4.69) is 13.8 Å². The van der Waals surface area contributed by atoms with Crippen molar-refractivity contribution in [1.29, 1.82) is 0 Å². The first kappa shape index (κ1) is 12.7. The number of hydrogen-bond acceptors (Lipinski definition) is 1. The van der Waals surface area contributed by atoms with Crippen LogP contribution >= 0.6 is 0 Å².